The zero-order valence-corrected chi connectivity index (χ0v) is 12.3. The van der Waals surface area contributed by atoms with Crippen molar-refractivity contribution < 1.29 is 13.2 Å². The molecule has 0 heterocycles. The van der Waals surface area contributed by atoms with E-state index in [-0.39, 0.29) is 12.3 Å². The van der Waals surface area contributed by atoms with Gasteiger partial charge in [0.1, 0.15) is 0 Å². The molecule has 20 heavy (non-hydrogen) atoms. The molecule has 0 aliphatic heterocycles. The first-order chi connectivity index (χ1) is 9.37. The minimum atomic E-state index is -4.12. The molecular formula is C15H23F3N2. The molecule has 2 nitrogen and oxygen atoms in total. The van der Waals surface area contributed by atoms with E-state index in [1.807, 2.05) is 6.92 Å². The zero-order chi connectivity index (χ0) is 15.2. The van der Waals surface area contributed by atoms with Crippen LogP contribution in [0.4, 0.5) is 13.2 Å². The van der Waals surface area contributed by atoms with Gasteiger partial charge in [0.15, 0.2) is 0 Å². The molecule has 1 rings (SSSR count). The quantitative estimate of drug-likeness (QED) is 0.708. The van der Waals surface area contributed by atoms with Crippen molar-refractivity contribution >= 4 is 5.71 Å². The number of nitriles is 1. The highest BCUT2D eigenvalue weighted by Gasteiger charge is 2.39. The summed E-state index contributed by atoms with van der Waals surface area (Å²) in [4.78, 5) is 4.20. The summed E-state index contributed by atoms with van der Waals surface area (Å²) >= 11 is 0. The highest BCUT2D eigenvalue weighted by atomic mass is 19.4. The van der Waals surface area contributed by atoms with Gasteiger partial charge < -0.3 is 0 Å². The molecule has 1 atom stereocenters. The van der Waals surface area contributed by atoms with E-state index in [0.29, 0.717) is 12.8 Å². The highest BCUT2D eigenvalue weighted by molar-refractivity contribution is 5.85. The lowest BCUT2D eigenvalue weighted by atomic mass is 9.65. The number of halogens is 3. The van der Waals surface area contributed by atoms with Crippen molar-refractivity contribution in [3.63, 3.8) is 0 Å². The smallest absolute Gasteiger partial charge is 0.297 e. The molecule has 0 bridgehead atoms. The van der Waals surface area contributed by atoms with Crippen LogP contribution in [-0.4, -0.2) is 18.9 Å². The normalized spacial score (nSPS) is 23.0. The molecule has 0 radical (unpaired) electrons. The van der Waals surface area contributed by atoms with E-state index < -0.39 is 18.0 Å². The maximum atomic E-state index is 12.3. The fourth-order valence-electron chi connectivity index (χ4n) is 3.23. The molecule has 1 aliphatic rings. The Balaban J connectivity index is 2.65. The number of hydrogen-bond donors (Lipinski definition) is 0. The molecule has 1 aliphatic carbocycles. The molecule has 114 valence electrons. The van der Waals surface area contributed by atoms with Crippen LogP contribution in [0, 0.1) is 22.7 Å². The topological polar surface area (TPSA) is 36.1 Å². The van der Waals surface area contributed by atoms with Crippen LogP contribution in [0.1, 0.15) is 58.3 Å². The third-order valence-electron chi connectivity index (χ3n) is 4.60. The van der Waals surface area contributed by atoms with E-state index in [1.165, 1.54) is 5.71 Å². The number of alkyl halides is 3. The van der Waals surface area contributed by atoms with Crippen LogP contribution >= 0.6 is 0 Å². The van der Waals surface area contributed by atoms with Gasteiger partial charge in [-0.3, -0.25) is 4.99 Å². The third kappa shape index (κ3) is 4.50. The molecule has 0 aromatic carbocycles. The van der Waals surface area contributed by atoms with Gasteiger partial charge in [-0.25, -0.2) is 0 Å². The van der Waals surface area contributed by atoms with Crippen molar-refractivity contribution in [2.75, 3.05) is 7.05 Å². The first-order valence-corrected chi connectivity index (χ1v) is 7.29. The molecule has 1 fully saturated rings. The van der Waals surface area contributed by atoms with Gasteiger partial charge in [-0.05, 0) is 50.9 Å². The van der Waals surface area contributed by atoms with Crippen LogP contribution in [0.25, 0.3) is 0 Å². The van der Waals surface area contributed by atoms with Crippen molar-refractivity contribution in [2.45, 2.75) is 64.5 Å². The van der Waals surface area contributed by atoms with Gasteiger partial charge >= 0.3 is 6.18 Å². The van der Waals surface area contributed by atoms with Gasteiger partial charge in [-0.2, -0.15) is 18.4 Å². The second-order valence-corrected chi connectivity index (χ2v) is 5.65. The minimum Gasteiger partial charge on any atom is -0.297 e. The van der Waals surface area contributed by atoms with Gasteiger partial charge in [-0.15, -0.1) is 0 Å². The second-order valence-electron chi connectivity index (χ2n) is 5.65. The summed E-state index contributed by atoms with van der Waals surface area (Å²) in [5.41, 5.74) is 0.573. The van der Waals surface area contributed by atoms with E-state index in [4.69, 9.17) is 0 Å². The summed E-state index contributed by atoms with van der Waals surface area (Å²) in [5, 5.41) is 9.52. The van der Waals surface area contributed by atoms with Gasteiger partial charge in [0.05, 0.1) is 11.5 Å². The Labute approximate surface area is 119 Å². The Hall–Kier alpha value is -1.05. The molecule has 0 spiro atoms. The third-order valence-corrected chi connectivity index (χ3v) is 4.60. The van der Waals surface area contributed by atoms with E-state index in [0.717, 1.165) is 25.7 Å². The average molecular weight is 288 g/mol. The molecule has 5 heteroatoms. The summed E-state index contributed by atoms with van der Waals surface area (Å²) in [5.74, 6) is 0.205. The van der Waals surface area contributed by atoms with E-state index in [9.17, 15) is 18.4 Å². The predicted octanol–water partition coefficient (Wildman–Crippen LogP) is 4.90. The first kappa shape index (κ1) is 17.0. The zero-order valence-electron chi connectivity index (χ0n) is 12.3. The van der Waals surface area contributed by atoms with Crippen molar-refractivity contribution in [2.24, 2.45) is 16.3 Å². The van der Waals surface area contributed by atoms with E-state index in [2.05, 4.69) is 11.1 Å². The van der Waals surface area contributed by atoms with Crippen molar-refractivity contribution in [1.29, 1.82) is 5.26 Å². The Bertz CT molecular complexity index is 372. The maximum absolute atomic E-state index is 12.3. The molecule has 0 N–H and O–H groups in total. The predicted molar refractivity (Wildman–Crippen MR) is 73.6 cm³/mol. The standard InChI is InChI=1S/C15H23F3N2/c1-3-14(11-19,9-4-10-15(16,17)18)12-5-7-13(20-2)8-6-12/h12H,3-10H2,1-2H3. The van der Waals surface area contributed by atoms with E-state index in [1.54, 1.807) is 7.05 Å². The number of nitrogens with zero attached hydrogens (tertiary/aromatic N) is 2. The molecule has 1 unspecified atom stereocenters. The van der Waals surface area contributed by atoms with E-state index >= 15 is 0 Å². The monoisotopic (exact) mass is 288 g/mol. The van der Waals surface area contributed by atoms with Crippen LogP contribution in [0.2, 0.25) is 0 Å². The lowest BCUT2D eigenvalue weighted by Gasteiger charge is -2.37. The fourth-order valence-corrected chi connectivity index (χ4v) is 3.23. The minimum absolute atomic E-state index is 0.0517. The summed E-state index contributed by atoms with van der Waals surface area (Å²) < 4.78 is 36.8. The molecule has 1 saturated carbocycles. The van der Waals surface area contributed by atoms with Crippen LogP contribution in [0.15, 0.2) is 4.99 Å². The summed E-state index contributed by atoms with van der Waals surface area (Å²) in [6, 6.07) is 2.35. The van der Waals surface area contributed by atoms with Gasteiger partial charge in [0.25, 0.3) is 0 Å². The van der Waals surface area contributed by atoms with Crippen molar-refractivity contribution in [1.82, 2.24) is 0 Å². The molecule has 0 amide bonds. The molecule has 0 saturated heterocycles. The molecular weight excluding hydrogens is 265 g/mol. The maximum Gasteiger partial charge on any atom is 0.389 e. The van der Waals surface area contributed by atoms with Crippen molar-refractivity contribution in [3.05, 3.63) is 0 Å². The number of aliphatic imine (C=N–C) groups is 1. The Morgan fingerprint density at radius 3 is 2.25 bits per heavy atom. The number of rotatable bonds is 5. The second kappa shape index (κ2) is 7.10. The Morgan fingerprint density at radius 1 is 1.25 bits per heavy atom. The first-order valence-electron chi connectivity index (χ1n) is 7.29. The highest BCUT2D eigenvalue weighted by Crippen LogP contribution is 2.44. The van der Waals surface area contributed by atoms with Gasteiger partial charge in [0, 0.05) is 19.2 Å². The molecule has 0 aromatic heterocycles. The van der Waals surface area contributed by atoms with Crippen LogP contribution < -0.4 is 0 Å². The Kier molecular flexibility index (Phi) is 6.04. The summed E-state index contributed by atoms with van der Waals surface area (Å²) in [6.07, 6.45) is -0.369. The van der Waals surface area contributed by atoms with Crippen LogP contribution in [0.3, 0.4) is 0 Å². The molecule has 0 aromatic rings. The van der Waals surface area contributed by atoms with Gasteiger partial charge in [-0.1, -0.05) is 6.92 Å². The number of hydrogen-bond acceptors (Lipinski definition) is 2. The SMILES string of the molecule is CCC(C#N)(CCCC(F)(F)F)C1CCC(=NC)CC1. The Morgan fingerprint density at radius 2 is 1.85 bits per heavy atom. The average Bonchev–Trinajstić information content (AvgIpc) is 2.43. The largest absolute Gasteiger partial charge is 0.389 e. The van der Waals surface area contributed by atoms with Gasteiger partial charge in [0.2, 0.25) is 0 Å². The van der Waals surface area contributed by atoms with Crippen molar-refractivity contribution in [3.8, 4) is 6.07 Å². The summed E-state index contributed by atoms with van der Waals surface area (Å²) in [6.45, 7) is 1.92. The van der Waals surface area contributed by atoms with Crippen LogP contribution in [-0.2, 0) is 0 Å². The van der Waals surface area contributed by atoms with Crippen LogP contribution in [0.5, 0.6) is 0 Å². The summed E-state index contributed by atoms with van der Waals surface area (Å²) in [7, 11) is 1.77. The lowest BCUT2D eigenvalue weighted by Crippen LogP contribution is -2.32. The lowest BCUT2D eigenvalue weighted by molar-refractivity contribution is -0.136. The fraction of sp³-hybridized carbons (Fsp3) is 0.867.